The molecule has 1 amide bonds. The molecule has 0 aliphatic rings. The predicted molar refractivity (Wildman–Crippen MR) is 100 cm³/mol. The monoisotopic (exact) mass is 421 g/mol. The maximum absolute atomic E-state index is 12.1. The molecule has 0 saturated carbocycles. The summed E-state index contributed by atoms with van der Waals surface area (Å²) in [6.07, 6.45) is -0.624. The van der Waals surface area contributed by atoms with E-state index in [1.165, 1.54) is 0 Å². The summed E-state index contributed by atoms with van der Waals surface area (Å²) in [6, 6.07) is 17.6. The van der Waals surface area contributed by atoms with Crippen molar-refractivity contribution >= 4 is 43.6 Å². The number of rotatable bonds is 7. The number of nitrogens with one attached hydrogen (secondary N) is 2. The van der Waals surface area contributed by atoms with E-state index in [-0.39, 0.29) is 22.1 Å². The molecule has 0 bridgehead atoms. The van der Waals surface area contributed by atoms with Gasteiger partial charge in [-0.25, -0.2) is 0 Å². The first-order valence-electron chi connectivity index (χ1n) is 7.51. The first-order chi connectivity index (χ1) is 12.1. The second kappa shape index (κ2) is 10.0. The summed E-state index contributed by atoms with van der Waals surface area (Å²) in [4.78, 5) is 24.0. The van der Waals surface area contributed by atoms with Crippen LogP contribution < -0.4 is 5.32 Å². The number of thioether (sulfide) groups is 1. The Morgan fingerprint density at radius 2 is 1.68 bits per heavy atom. The molecule has 0 spiro atoms. The molecule has 2 rings (SSSR count). The summed E-state index contributed by atoms with van der Waals surface area (Å²) in [6.45, 7) is 0.149. The number of ether oxygens (including phenoxy) is 1. The van der Waals surface area contributed by atoms with E-state index in [0.29, 0.717) is 5.56 Å². The van der Waals surface area contributed by atoms with Crippen molar-refractivity contribution in [3.8, 4) is 0 Å². The summed E-state index contributed by atoms with van der Waals surface area (Å²) in [5.74, 6) is 0.250. The molecule has 129 valence electrons. The molecule has 0 heterocycles. The first kappa shape index (κ1) is 19.2. The Hall–Kier alpha value is -2.08. The number of hydrogen-bond acceptors (Lipinski definition) is 5. The third kappa shape index (κ3) is 6.74. The van der Waals surface area contributed by atoms with Crippen LogP contribution in [0.3, 0.4) is 0 Å². The zero-order valence-corrected chi connectivity index (χ0v) is 15.8. The maximum atomic E-state index is 12.1. The van der Waals surface area contributed by atoms with Gasteiger partial charge in [-0.05, 0) is 0 Å². The average molecular weight is 420 g/mol. The Morgan fingerprint density at radius 3 is 2.28 bits per heavy atom. The SMILES string of the molecule is N=C([Se])[C@H](CSC(=O)c1ccccc1)NC(=O)OCc1ccccc1. The van der Waals surface area contributed by atoms with Crippen LogP contribution in [-0.4, -0.2) is 43.6 Å². The van der Waals surface area contributed by atoms with E-state index < -0.39 is 12.1 Å². The van der Waals surface area contributed by atoms with Crippen LogP contribution in [0, 0.1) is 5.41 Å². The fraction of sp³-hybridized carbons (Fsp3) is 0.167. The van der Waals surface area contributed by atoms with Gasteiger partial charge in [-0.1, -0.05) is 0 Å². The van der Waals surface area contributed by atoms with Gasteiger partial charge < -0.3 is 0 Å². The van der Waals surface area contributed by atoms with Crippen molar-refractivity contribution < 1.29 is 14.3 Å². The van der Waals surface area contributed by atoms with E-state index in [0.717, 1.165) is 17.3 Å². The van der Waals surface area contributed by atoms with Gasteiger partial charge in [0.1, 0.15) is 0 Å². The topological polar surface area (TPSA) is 79.3 Å². The molecule has 2 N–H and O–H groups in total. The second-order valence-corrected chi connectivity index (χ2v) is 7.00. The summed E-state index contributed by atoms with van der Waals surface area (Å²) < 4.78 is 5.29. The summed E-state index contributed by atoms with van der Waals surface area (Å²) in [5.41, 5.74) is 1.46. The number of carbonyl (C=O) groups excluding carboxylic acids is 2. The van der Waals surface area contributed by atoms with Crippen LogP contribution in [-0.2, 0) is 11.3 Å². The van der Waals surface area contributed by atoms with Gasteiger partial charge in [0.15, 0.2) is 0 Å². The minimum absolute atomic E-state index is 0.105. The zero-order valence-electron chi connectivity index (χ0n) is 13.3. The van der Waals surface area contributed by atoms with Crippen LogP contribution in [0.15, 0.2) is 60.7 Å². The van der Waals surface area contributed by atoms with Gasteiger partial charge in [-0.15, -0.1) is 0 Å². The van der Waals surface area contributed by atoms with Gasteiger partial charge in [0.25, 0.3) is 0 Å². The molecule has 0 fully saturated rings. The fourth-order valence-corrected chi connectivity index (χ4v) is 3.31. The molecule has 5 nitrogen and oxygen atoms in total. The van der Waals surface area contributed by atoms with E-state index >= 15 is 0 Å². The van der Waals surface area contributed by atoms with E-state index in [4.69, 9.17) is 10.1 Å². The van der Waals surface area contributed by atoms with Crippen molar-refractivity contribution in [2.45, 2.75) is 12.6 Å². The number of benzene rings is 2. The molecule has 1 radical (unpaired) electrons. The molecule has 25 heavy (non-hydrogen) atoms. The van der Waals surface area contributed by atoms with Crippen LogP contribution in [0.2, 0.25) is 0 Å². The van der Waals surface area contributed by atoms with Crippen molar-refractivity contribution in [2.24, 2.45) is 0 Å². The van der Waals surface area contributed by atoms with Gasteiger partial charge in [-0.2, -0.15) is 0 Å². The summed E-state index contributed by atoms with van der Waals surface area (Å²) >= 11 is 3.62. The third-order valence-electron chi connectivity index (χ3n) is 3.21. The Kier molecular flexibility index (Phi) is 7.72. The van der Waals surface area contributed by atoms with E-state index in [1.807, 2.05) is 36.4 Å². The quantitative estimate of drug-likeness (QED) is 0.533. The molecule has 0 saturated heterocycles. The van der Waals surface area contributed by atoms with Gasteiger partial charge in [0.05, 0.1) is 0 Å². The van der Waals surface area contributed by atoms with E-state index in [1.54, 1.807) is 24.3 Å². The molecule has 1 atom stereocenters. The van der Waals surface area contributed by atoms with Crippen molar-refractivity contribution in [1.29, 1.82) is 5.41 Å². The van der Waals surface area contributed by atoms with Crippen molar-refractivity contribution in [3.63, 3.8) is 0 Å². The summed E-state index contributed by atoms with van der Waals surface area (Å²) in [7, 11) is 0. The molecular weight excluding hydrogens is 403 g/mol. The molecule has 2 aromatic rings. The van der Waals surface area contributed by atoms with Crippen LogP contribution in [0.4, 0.5) is 4.79 Å². The van der Waals surface area contributed by atoms with E-state index in [2.05, 4.69) is 21.3 Å². The minimum atomic E-state index is -0.624. The Morgan fingerprint density at radius 1 is 1.08 bits per heavy atom. The number of alkyl carbamates (subject to hydrolysis) is 1. The van der Waals surface area contributed by atoms with E-state index in [9.17, 15) is 9.59 Å². The molecular formula is C18H17N2O3SSe. The van der Waals surface area contributed by atoms with Gasteiger partial charge >= 0.3 is 159 Å². The average Bonchev–Trinajstić information content (AvgIpc) is 2.64. The molecule has 7 heteroatoms. The number of amides is 1. The van der Waals surface area contributed by atoms with Crippen LogP contribution in [0.5, 0.6) is 0 Å². The Bertz CT molecular complexity index is 726. The van der Waals surface area contributed by atoms with Crippen molar-refractivity contribution in [3.05, 3.63) is 71.8 Å². The predicted octanol–water partition coefficient (Wildman–Crippen LogP) is 3.00. The Balaban J connectivity index is 1.82. The molecule has 2 aromatic carbocycles. The Labute approximate surface area is 158 Å². The molecule has 0 aromatic heterocycles. The zero-order chi connectivity index (χ0) is 18.1. The van der Waals surface area contributed by atoms with Crippen LogP contribution in [0.1, 0.15) is 15.9 Å². The van der Waals surface area contributed by atoms with Gasteiger partial charge in [0, 0.05) is 0 Å². The van der Waals surface area contributed by atoms with Crippen molar-refractivity contribution in [1.82, 2.24) is 5.32 Å². The van der Waals surface area contributed by atoms with Crippen LogP contribution in [0.25, 0.3) is 0 Å². The fourth-order valence-electron chi connectivity index (χ4n) is 1.91. The van der Waals surface area contributed by atoms with Crippen molar-refractivity contribution in [2.75, 3.05) is 5.75 Å². The first-order valence-corrected chi connectivity index (χ1v) is 9.35. The second-order valence-electron chi connectivity index (χ2n) is 5.09. The van der Waals surface area contributed by atoms with Gasteiger partial charge in [-0.3, -0.25) is 0 Å². The normalized spacial score (nSPS) is 11.4. The molecule has 0 aliphatic heterocycles. The van der Waals surface area contributed by atoms with Crippen LogP contribution >= 0.6 is 11.8 Å². The summed E-state index contributed by atoms with van der Waals surface area (Å²) in [5, 5.41) is 10.2. The molecule has 0 unspecified atom stereocenters. The van der Waals surface area contributed by atoms with Gasteiger partial charge in [0.2, 0.25) is 0 Å². The molecule has 0 aliphatic carbocycles. The number of carbonyl (C=O) groups is 2. The third-order valence-corrected chi connectivity index (χ3v) is 4.81. The standard InChI is InChI=1S/C18H17N2O3SSe/c19-16(25)15(12-24-17(21)14-9-5-2-6-10-14)20-18(22)23-11-13-7-3-1-4-8-13/h1-10,15,19H,11-12H2,(H,20,22)/t15-/m0/s1. The number of hydrogen-bond donors (Lipinski definition) is 2.